The lowest BCUT2D eigenvalue weighted by Crippen LogP contribution is -2.16. The van der Waals surface area contributed by atoms with E-state index >= 15 is 0 Å². The van der Waals surface area contributed by atoms with Crippen molar-refractivity contribution in [2.24, 2.45) is 7.05 Å². The molecule has 160 valence electrons. The van der Waals surface area contributed by atoms with Gasteiger partial charge in [-0.2, -0.15) is 5.26 Å². The van der Waals surface area contributed by atoms with Gasteiger partial charge >= 0.3 is 0 Å². The SMILES string of the molecule is CCCS(=O)(=O)Cl.CCCS(=O)(=O)Nc1ccc(-c2ccc(C#N)n2C)c(F)c1. The van der Waals surface area contributed by atoms with E-state index in [0.29, 0.717) is 29.8 Å². The van der Waals surface area contributed by atoms with Crippen molar-refractivity contribution in [1.29, 1.82) is 5.26 Å². The molecule has 7 nitrogen and oxygen atoms in total. The van der Waals surface area contributed by atoms with Crippen LogP contribution in [0.2, 0.25) is 0 Å². The van der Waals surface area contributed by atoms with E-state index in [-0.39, 0.29) is 17.2 Å². The molecule has 29 heavy (non-hydrogen) atoms. The van der Waals surface area contributed by atoms with Gasteiger partial charge in [0, 0.05) is 23.3 Å². The van der Waals surface area contributed by atoms with E-state index in [1.807, 2.05) is 6.07 Å². The molecule has 0 aliphatic heterocycles. The van der Waals surface area contributed by atoms with Gasteiger partial charge in [0.25, 0.3) is 0 Å². The monoisotopic (exact) mass is 463 g/mol. The fourth-order valence-corrected chi connectivity index (χ4v) is 4.50. The molecule has 0 saturated heterocycles. The second-order valence-corrected chi connectivity index (χ2v) is 10.9. The molecule has 0 atom stereocenters. The lowest BCUT2D eigenvalue weighted by molar-refractivity contribution is 0.599. The Hall–Kier alpha value is -2.09. The van der Waals surface area contributed by atoms with Crippen LogP contribution in [-0.2, 0) is 26.1 Å². The van der Waals surface area contributed by atoms with Crippen LogP contribution in [0, 0.1) is 17.1 Å². The molecule has 0 bridgehead atoms. The van der Waals surface area contributed by atoms with Crippen molar-refractivity contribution in [3.63, 3.8) is 0 Å². The van der Waals surface area contributed by atoms with Crippen molar-refractivity contribution in [2.75, 3.05) is 16.2 Å². The van der Waals surface area contributed by atoms with Gasteiger partial charge in [0.05, 0.1) is 22.9 Å². The van der Waals surface area contributed by atoms with E-state index in [1.54, 1.807) is 37.6 Å². The van der Waals surface area contributed by atoms with Crippen LogP contribution in [0.5, 0.6) is 0 Å². The fourth-order valence-electron chi connectivity index (χ4n) is 2.42. The van der Waals surface area contributed by atoms with Crippen molar-refractivity contribution in [3.05, 3.63) is 41.8 Å². The number of aromatic nitrogens is 1. The minimum atomic E-state index is -3.45. The van der Waals surface area contributed by atoms with Crippen molar-refractivity contribution in [2.45, 2.75) is 26.7 Å². The Labute approximate surface area is 175 Å². The zero-order chi connectivity index (χ0) is 22.2. The summed E-state index contributed by atoms with van der Waals surface area (Å²) >= 11 is 0. The number of nitrogens with zero attached hydrogens (tertiary/aromatic N) is 2. The smallest absolute Gasteiger partial charge is 0.232 e. The highest BCUT2D eigenvalue weighted by Crippen LogP contribution is 2.27. The molecule has 0 spiro atoms. The standard InChI is InChI=1S/C15H16FN3O2S.C3H7ClO2S/c1-3-8-22(20,21)18-11-4-6-13(14(16)9-11)15-7-5-12(10-17)19(15)2;1-2-3-7(4,5)6/h4-7,9,18H,3,8H2,1-2H3;2-3H2,1H3. The van der Waals surface area contributed by atoms with Gasteiger partial charge in [-0.25, -0.2) is 21.2 Å². The van der Waals surface area contributed by atoms with Gasteiger partial charge in [-0.05, 0) is 43.2 Å². The van der Waals surface area contributed by atoms with Crippen molar-refractivity contribution >= 4 is 35.4 Å². The average molecular weight is 464 g/mol. The van der Waals surface area contributed by atoms with Gasteiger partial charge < -0.3 is 4.57 Å². The molecule has 0 saturated carbocycles. The Kier molecular flexibility index (Phi) is 9.14. The molecule has 1 aromatic carbocycles. The number of benzene rings is 1. The van der Waals surface area contributed by atoms with Crippen LogP contribution in [0.15, 0.2) is 30.3 Å². The minimum Gasteiger partial charge on any atom is -0.335 e. The summed E-state index contributed by atoms with van der Waals surface area (Å²) in [7, 11) is -0.177. The number of sulfonamides is 1. The fraction of sp³-hybridized carbons (Fsp3) is 0.389. The maximum Gasteiger partial charge on any atom is 0.232 e. The third-order valence-electron chi connectivity index (χ3n) is 3.68. The Morgan fingerprint density at radius 2 is 1.72 bits per heavy atom. The molecular formula is C18H23ClFN3O4S2. The normalized spacial score (nSPS) is 11.3. The van der Waals surface area contributed by atoms with Gasteiger partial charge in [0.15, 0.2) is 0 Å². The van der Waals surface area contributed by atoms with E-state index < -0.39 is 24.9 Å². The van der Waals surface area contributed by atoms with E-state index in [0.717, 1.165) is 6.07 Å². The molecule has 2 rings (SSSR count). The van der Waals surface area contributed by atoms with Gasteiger partial charge in [-0.1, -0.05) is 13.8 Å². The first kappa shape index (κ1) is 24.9. The Balaban J connectivity index is 0.000000516. The second-order valence-electron chi connectivity index (χ2n) is 6.13. The number of nitriles is 1. The zero-order valence-electron chi connectivity index (χ0n) is 16.3. The first-order valence-corrected chi connectivity index (χ1v) is 12.9. The number of halogens is 2. The molecular weight excluding hydrogens is 441 g/mol. The maximum atomic E-state index is 14.3. The molecule has 1 N–H and O–H groups in total. The molecule has 11 heteroatoms. The van der Waals surface area contributed by atoms with Crippen molar-refractivity contribution in [3.8, 4) is 17.3 Å². The van der Waals surface area contributed by atoms with Crippen LogP contribution < -0.4 is 4.72 Å². The van der Waals surface area contributed by atoms with E-state index in [9.17, 15) is 21.2 Å². The Morgan fingerprint density at radius 3 is 2.14 bits per heavy atom. The van der Waals surface area contributed by atoms with Gasteiger partial charge in [0.2, 0.25) is 19.1 Å². The topological polar surface area (TPSA) is 109 Å². The molecule has 0 fully saturated rings. The first-order valence-electron chi connectivity index (χ1n) is 8.72. The molecule has 1 aromatic heterocycles. The number of hydrogen-bond acceptors (Lipinski definition) is 5. The number of rotatable bonds is 7. The average Bonchev–Trinajstić information content (AvgIpc) is 2.94. The summed E-state index contributed by atoms with van der Waals surface area (Å²) in [6.45, 7) is 3.52. The highest BCUT2D eigenvalue weighted by Gasteiger charge is 2.14. The summed E-state index contributed by atoms with van der Waals surface area (Å²) in [4.78, 5) is 0. The van der Waals surface area contributed by atoms with Crippen molar-refractivity contribution < 1.29 is 21.2 Å². The third kappa shape index (κ3) is 8.04. The van der Waals surface area contributed by atoms with E-state index in [1.165, 1.54) is 12.1 Å². The largest absolute Gasteiger partial charge is 0.335 e. The predicted octanol–water partition coefficient (Wildman–Crippen LogP) is 3.82. The minimum absolute atomic E-state index is 0.0142. The summed E-state index contributed by atoms with van der Waals surface area (Å²) in [6.07, 6.45) is 1.07. The summed E-state index contributed by atoms with van der Waals surface area (Å²) in [5.74, 6) is -0.490. The number of hydrogen-bond donors (Lipinski definition) is 1. The van der Waals surface area contributed by atoms with Crippen LogP contribution >= 0.6 is 10.7 Å². The third-order valence-corrected chi connectivity index (χ3v) is 6.53. The molecule has 0 amide bonds. The van der Waals surface area contributed by atoms with Crippen LogP contribution in [0.25, 0.3) is 11.3 Å². The molecule has 0 radical (unpaired) electrons. The van der Waals surface area contributed by atoms with Gasteiger partial charge in [0.1, 0.15) is 17.6 Å². The lowest BCUT2D eigenvalue weighted by atomic mass is 10.1. The quantitative estimate of drug-likeness (QED) is 0.627. The van der Waals surface area contributed by atoms with Crippen molar-refractivity contribution in [1.82, 2.24) is 4.57 Å². The Morgan fingerprint density at radius 1 is 1.10 bits per heavy atom. The predicted molar refractivity (Wildman–Crippen MR) is 113 cm³/mol. The number of nitrogens with one attached hydrogen (secondary N) is 1. The van der Waals surface area contributed by atoms with Gasteiger partial charge in [-0.15, -0.1) is 0 Å². The summed E-state index contributed by atoms with van der Waals surface area (Å²) in [5.41, 5.74) is 1.46. The molecule has 2 aromatic rings. The van der Waals surface area contributed by atoms with Crippen LogP contribution in [0.4, 0.5) is 10.1 Å². The molecule has 0 unspecified atom stereocenters. The Bertz CT molecular complexity index is 1090. The zero-order valence-corrected chi connectivity index (χ0v) is 18.7. The first-order chi connectivity index (χ1) is 13.4. The molecule has 0 aliphatic carbocycles. The van der Waals surface area contributed by atoms with Crippen LogP contribution in [0.3, 0.4) is 0 Å². The summed E-state index contributed by atoms with van der Waals surface area (Å²) in [6, 6.07) is 9.41. The highest BCUT2D eigenvalue weighted by atomic mass is 35.7. The van der Waals surface area contributed by atoms with E-state index in [4.69, 9.17) is 15.9 Å². The molecule has 0 aliphatic rings. The van der Waals surface area contributed by atoms with E-state index in [2.05, 4.69) is 4.72 Å². The second kappa shape index (κ2) is 10.6. The van der Waals surface area contributed by atoms with Crippen LogP contribution in [0.1, 0.15) is 32.4 Å². The van der Waals surface area contributed by atoms with Crippen LogP contribution in [-0.4, -0.2) is 32.9 Å². The lowest BCUT2D eigenvalue weighted by Gasteiger charge is -2.10. The molecule has 1 heterocycles. The summed E-state index contributed by atoms with van der Waals surface area (Å²) < 4.78 is 61.6. The van der Waals surface area contributed by atoms with Gasteiger partial charge in [-0.3, -0.25) is 4.72 Å². The summed E-state index contributed by atoms with van der Waals surface area (Å²) in [5, 5.41) is 8.93. The maximum absolute atomic E-state index is 14.3. The highest BCUT2D eigenvalue weighted by molar-refractivity contribution is 8.13. The number of anilines is 1.